The number of aryl methyl sites for hydroxylation is 2. The van der Waals surface area contributed by atoms with E-state index in [0.717, 1.165) is 11.6 Å². The van der Waals surface area contributed by atoms with E-state index in [1.165, 1.54) is 23.3 Å². The number of hydrogen-bond acceptors (Lipinski definition) is 1. The van der Waals surface area contributed by atoms with Crippen molar-refractivity contribution in [1.82, 2.24) is 5.32 Å². The summed E-state index contributed by atoms with van der Waals surface area (Å²) in [5, 5.41) is 6.35. The molecule has 0 aliphatic rings. The normalized spacial score (nSPS) is 12.1. The van der Waals surface area contributed by atoms with Crippen molar-refractivity contribution in [1.29, 1.82) is 0 Å². The monoisotopic (exact) mass is 348 g/mol. The molecule has 0 aromatic heterocycles. The molecule has 0 saturated carbocycles. The van der Waals surface area contributed by atoms with Gasteiger partial charge >= 0.3 is 0 Å². The van der Waals surface area contributed by atoms with Gasteiger partial charge in [-0.2, -0.15) is 0 Å². The van der Waals surface area contributed by atoms with Crippen molar-refractivity contribution in [2.75, 3.05) is 5.32 Å². The number of nitrogens with one attached hydrogen (secondary N) is 2. The molecule has 128 valence electrons. The maximum Gasteiger partial charge on any atom is 0.171 e. The number of halogens is 2. The molecule has 2 rings (SSSR count). The molecule has 0 bridgehead atoms. The smallest absolute Gasteiger partial charge is 0.171 e. The van der Waals surface area contributed by atoms with Crippen molar-refractivity contribution < 1.29 is 8.78 Å². The van der Waals surface area contributed by atoms with Gasteiger partial charge in [0.15, 0.2) is 5.11 Å². The summed E-state index contributed by atoms with van der Waals surface area (Å²) >= 11 is 5.31. The first-order valence-electron chi connectivity index (χ1n) is 7.87. The fourth-order valence-corrected chi connectivity index (χ4v) is 2.91. The van der Waals surface area contributed by atoms with Crippen molar-refractivity contribution in [3.8, 4) is 0 Å². The summed E-state index contributed by atoms with van der Waals surface area (Å²) < 4.78 is 26.7. The Morgan fingerprint density at radius 1 is 1.04 bits per heavy atom. The summed E-state index contributed by atoms with van der Waals surface area (Å²) in [5.74, 6) is -1.01. The Bertz CT molecular complexity index is 744. The minimum Gasteiger partial charge on any atom is -0.355 e. The zero-order valence-corrected chi connectivity index (χ0v) is 15.1. The van der Waals surface area contributed by atoms with Crippen molar-refractivity contribution in [2.45, 2.75) is 33.7 Å². The van der Waals surface area contributed by atoms with Crippen LogP contribution >= 0.6 is 12.2 Å². The van der Waals surface area contributed by atoms with Crippen LogP contribution in [0.2, 0.25) is 0 Å². The van der Waals surface area contributed by atoms with Crippen LogP contribution in [-0.2, 0) is 0 Å². The molecule has 2 aromatic carbocycles. The molecule has 0 radical (unpaired) electrons. The minimum atomic E-state index is -0.674. The molecule has 1 atom stereocenters. The summed E-state index contributed by atoms with van der Waals surface area (Å²) in [5.41, 5.74) is 3.68. The van der Waals surface area contributed by atoms with Crippen molar-refractivity contribution in [2.24, 2.45) is 5.92 Å². The molecule has 5 heteroatoms. The molecule has 0 aliphatic carbocycles. The second kappa shape index (κ2) is 7.71. The van der Waals surface area contributed by atoms with E-state index in [1.54, 1.807) is 0 Å². The van der Waals surface area contributed by atoms with Gasteiger partial charge in [-0.3, -0.25) is 0 Å². The molecule has 0 saturated heterocycles. The second-order valence-electron chi connectivity index (χ2n) is 6.30. The average Bonchev–Trinajstić information content (AvgIpc) is 2.48. The lowest BCUT2D eigenvalue weighted by molar-refractivity contribution is 0.471. The largest absolute Gasteiger partial charge is 0.355 e. The van der Waals surface area contributed by atoms with Crippen LogP contribution in [0.5, 0.6) is 0 Å². The van der Waals surface area contributed by atoms with Gasteiger partial charge in [-0.05, 0) is 55.2 Å². The standard InChI is InChI=1S/C19H22F2N2S/c1-11(2)18(15-7-5-12(3)9-13(15)4)23-19(24)22-17-8-6-14(20)10-16(17)21/h5-11,18H,1-4H3,(H2,22,23,24)/t18-/m1/s1. The zero-order chi connectivity index (χ0) is 17.9. The molecule has 0 aliphatic heterocycles. The highest BCUT2D eigenvalue weighted by Gasteiger charge is 2.19. The number of anilines is 1. The summed E-state index contributed by atoms with van der Waals surface area (Å²) in [4.78, 5) is 0. The fraction of sp³-hybridized carbons (Fsp3) is 0.316. The molecule has 24 heavy (non-hydrogen) atoms. The highest BCUT2D eigenvalue weighted by atomic mass is 32.1. The molecular formula is C19H22F2N2S. The average molecular weight is 348 g/mol. The van der Waals surface area contributed by atoms with Gasteiger partial charge in [0, 0.05) is 6.07 Å². The van der Waals surface area contributed by atoms with Gasteiger partial charge < -0.3 is 10.6 Å². The van der Waals surface area contributed by atoms with Gasteiger partial charge in [-0.25, -0.2) is 8.78 Å². The van der Waals surface area contributed by atoms with Crippen LogP contribution in [-0.4, -0.2) is 5.11 Å². The number of hydrogen-bond donors (Lipinski definition) is 2. The quantitative estimate of drug-likeness (QED) is 0.737. The predicted molar refractivity (Wildman–Crippen MR) is 99.2 cm³/mol. The lowest BCUT2D eigenvalue weighted by atomic mass is 9.92. The third-order valence-corrected chi connectivity index (χ3v) is 4.11. The third kappa shape index (κ3) is 4.51. The van der Waals surface area contributed by atoms with E-state index in [-0.39, 0.29) is 17.6 Å². The minimum absolute atomic E-state index is 0.00545. The number of thiocarbonyl (C=S) groups is 1. The third-order valence-electron chi connectivity index (χ3n) is 3.89. The van der Waals surface area contributed by atoms with Crippen LogP contribution in [0.3, 0.4) is 0 Å². The first-order chi connectivity index (χ1) is 11.3. The van der Waals surface area contributed by atoms with Gasteiger partial charge in [-0.15, -0.1) is 0 Å². The molecular weight excluding hydrogens is 326 g/mol. The highest BCUT2D eigenvalue weighted by Crippen LogP contribution is 2.26. The van der Waals surface area contributed by atoms with E-state index in [1.807, 2.05) is 0 Å². The molecule has 0 amide bonds. The molecule has 0 fully saturated rings. The maximum atomic E-state index is 13.7. The Balaban J connectivity index is 2.17. The zero-order valence-electron chi connectivity index (χ0n) is 14.3. The van der Waals surface area contributed by atoms with Crippen molar-refractivity contribution in [3.05, 3.63) is 64.7 Å². The number of rotatable bonds is 4. The summed E-state index contributed by atoms with van der Waals surface area (Å²) in [6, 6.07) is 9.63. The van der Waals surface area contributed by atoms with Crippen LogP contribution < -0.4 is 10.6 Å². The van der Waals surface area contributed by atoms with E-state index in [2.05, 4.69) is 56.5 Å². The van der Waals surface area contributed by atoms with Crippen molar-refractivity contribution >= 4 is 23.0 Å². The van der Waals surface area contributed by atoms with Crippen LogP contribution in [0.15, 0.2) is 36.4 Å². The fourth-order valence-electron chi connectivity index (χ4n) is 2.67. The summed E-state index contributed by atoms with van der Waals surface area (Å²) in [6.07, 6.45) is 0. The van der Waals surface area contributed by atoms with Crippen molar-refractivity contribution in [3.63, 3.8) is 0 Å². The Hall–Kier alpha value is -2.01. The first-order valence-corrected chi connectivity index (χ1v) is 8.28. The predicted octanol–water partition coefficient (Wildman–Crippen LogP) is 5.27. The van der Waals surface area contributed by atoms with Gasteiger partial charge in [-0.1, -0.05) is 37.6 Å². The van der Waals surface area contributed by atoms with Crippen LogP contribution in [0, 0.1) is 31.4 Å². The van der Waals surface area contributed by atoms with E-state index in [0.29, 0.717) is 5.11 Å². The van der Waals surface area contributed by atoms with Gasteiger partial charge in [0.2, 0.25) is 0 Å². The topological polar surface area (TPSA) is 24.1 Å². The van der Waals surface area contributed by atoms with E-state index < -0.39 is 11.6 Å². The second-order valence-corrected chi connectivity index (χ2v) is 6.71. The summed E-state index contributed by atoms with van der Waals surface area (Å²) in [7, 11) is 0. The molecule has 0 heterocycles. The molecule has 0 unspecified atom stereocenters. The maximum absolute atomic E-state index is 13.7. The molecule has 2 aromatic rings. The Morgan fingerprint density at radius 2 is 1.75 bits per heavy atom. The Morgan fingerprint density at radius 3 is 2.33 bits per heavy atom. The van der Waals surface area contributed by atoms with Gasteiger partial charge in [0.05, 0.1) is 11.7 Å². The van der Waals surface area contributed by atoms with Crippen LogP contribution in [0.4, 0.5) is 14.5 Å². The van der Waals surface area contributed by atoms with Gasteiger partial charge in [0.25, 0.3) is 0 Å². The van der Waals surface area contributed by atoms with Crippen LogP contribution in [0.1, 0.15) is 36.6 Å². The van der Waals surface area contributed by atoms with E-state index in [9.17, 15) is 8.78 Å². The van der Waals surface area contributed by atoms with E-state index in [4.69, 9.17) is 12.2 Å². The Kier molecular flexibility index (Phi) is 5.89. The molecule has 2 nitrogen and oxygen atoms in total. The lowest BCUT2D eigenvalue weighted by Gasteiger charge is -2.26. The first kappa shape index (κ1) is 18.3. The number of benzene rings is 2. The summed E-state index contributed by atoms with van der Waals surface area (Å²) in [6.45, 7) is 8.31. The van der Waals surface area contributed by atoms with Gasteiger partial charge in [0.1, 0.15) is 11.6 Å². The lowest BCUT2D eigenvalue weighted by Crippen LogP contribution is -2.35. The van der Waals surface area contributed by atoms with Crippen LogP contribution in [0.25, 0.3) is 0 Å². The molecule has 0 spiro atoms. The Labute approximate surface area is 147 Å². The van der Waals surface area contributed by atoms with E-state index >= 15 is 0 Å². The SMILES string of the molecule is Cc1ccc([C@H](NC(=S)Nc2ccc(F)cc2F)C(C)C)c(C)c1. The highest BCUT2D eigenvalue weighted by molar-refractivity contribution is 7.80. The molecule has 2 N–H and O–H groups in total.